The van der Waals surface area contributed by atoms with Gasteiger partial charge in [0.2, 0.25) is 0 Å². The zero-order chi connectivity index (χ0) is 15.0. The Morgan fingerprint density at radius 2 is 2.05 bits per heavy atom. The van der Waals surface area contributed by atoms with Crippen LogP contribution in [-0.2, 0) is 16.0 Å². The van der Waals surface area contributed by atoms with Gasteiger partial charge in [-0.3, -0.25) is 0 Å². The maximum Gasteiger partial charge on any atom is 0.416 e. The van der Waals surface area contributed by atoms with Crippen LogP contribution in [0.5, 0.6) is 0 Å². The molecule has 0 bridgehead atoms. The van der Waals surface area contributed by atoms with Gasteiger partial charge in [0.15, 0.2) is 9.84 Å². The predicted octanol–water partition coefficient (Wildman–Crippen LogP) is 1.67. The van der Waals surface area contributed by atoms with E-state index in [0.717, 1.165) is 12.1 Å². The fourth-order valence-corrected chi connectivity index (χ4v) is 3.77. The van der Waals surface area contributed by atoms with Crippen molar-refractivity contribution in [3.63, 3.8) is 0 Å². The quantitative estimate of drug-likeness (QED) is 0.868. The van der Waals surface area contributed by atoms with Gasteiger partial charge < -0.3 is 11.1 Å². The standard InChI is InChI=1S/C11H14F3N3O2S/c12-11(13,14)7-4-9(15)17-10(5-7)16-8-2-1-3-20(18,19)6-8/h4-5,8H,1-3,6H2,(H3,15,16,17). The third-order valence-corrected chi connectivity index (χ3v) is 4.81. The molecule has 1 fully saturated rings. The topological polar surface area (TPSA) is 85.1 Å². The van der Waals surface area contributed by atoms with E-state index < -0.39 is 27.6 Å². The summed E-state index contributed by atoms with van der Waals surface area (Å²) >= 11 is 0. The average Bonchev–Trinajstić information content (AvgIpc) is 2.25. The molecule has 1 aliphatic rings. The fourth-order valence-electron chi connectivity index (χ4n) is 2.14. The highest BCUT2D eigenvalue weighted by atomic mass is 32.2. The van der Waals surface area contributed by atoms with Crippen LogP contribution >= 0.6 is 0 Å². The number of nitrogens with two attached hydrogens (primary N) is 1. The van der Waals surface area contributed by atoms with Gasteiger partial charge in [-0.1, -0.05) is 0 Å². The number of nitrogens with one attached hydrogen (secondary N) is 1. The maximum atomic E-state index is 12.6. The van der Waals surface area contributed by atoms with Gasteiger partial charge in [-0.05, 0) is 25.0 Å². The molecule has 3 N–H and O–H groups in total. The number of sulfone groups is 1. The molecule has 1 unspecified atom stereocenters. The normalized spacial score (nSPS) is 22.4. The zero-order valence-corrected chi connectivity index (χ0v) is 11.3. The van der Waals surface area contributed by atoms with Gasteiger partial charge in [-0.25, -0.2) is 13.4 Å². The Morgan fingerprint density at radius 1 is 1.35 bits per heavy atom. The summed E-state index contributed by atoms with van der Waals surface area (Å²) in [5.41, 5.74) is 4.43. The molecular formula is C11H14F3N3O2S. The van der Waals surface area contributed by atoms with Crippen molar-refractivity contribution in [2.24, 2.45) is 0 Å². The van der Waals surface area contributed by atoms with E-state index in [9.17, 15) is 21.6 Å². The van der Waals surface area contributed by atoms with Crippen molar-refractivity contribution >= 4 is 21.5 Å². The van der Waals surface area contributed by atoms with E-state index in [4.69, 9.17) is 5.73 Å². The molecule has 0 spiro atoms. The summed E-state index contributed by atoms with van der Waals surface area (Å²) < 4.78 is 60.9. The van der Waals surface area contributed by atoms with Crippen LogP contribution in [0.2, 0.25) is 0 Å². The molecule has 0 aromatic carbocycles. The van der Waals surface area contributed by atoms with Gasteiger partial charge in [-0.2, -0.15) is 13.2 Å². The van der Waals surface area contributed by atoms with E-state index in [1.807, 2.05) is 0 Å². The first-order chi connectivity index (χ1) is 9.16. The van der Waals surface area contributed by atoms with Crippen LogP contribution in [0.1, 0.15) is 18.4 Å². The van der Waals surface area contributed by atoms with Crippen LogP contribution in [0.4, 0.5) is 24.8 Å². The molecule has 2 rings (SSSR count). The second-order valence-electron chi connectivity index (χ2n) is 4.76. The summed E-state index contributed by atoms with van der Waals surface area (Å²) in [5, 5.41) is 2.72. The third kappa shape index (κ3) is 3.75. The first-order valence-electron chi connectivity index (χ1n) is 5.97. The molecule has 20 heavy (non-hydrogen) atoms. The van der Waals surface area contributed by atoms with Gasteiger partial charge >= 0.3 is 6.18 Å². The largest absolute Gasteiger partial charge is 0.416 e. The number of aromatic nitrogens is 1. The first-order valence-corrected chi connectivity index (χ1v) is 7.79. The minimum Gasteiger partial charge on any atom is -0.384 e. The number of alkyl halides is 3. The van der Waals surface area contributed by atoms with Gasteiger partial charge in [0.1, 0.15) is 11.6 Å². The maximum absolute atomic E-state index is 12.6. The lowest BCUT2D eigenvalue weighted by atomic mass is 10.2. The molecule has 5 nitrogen and oxygen atoms in total. The van der Waals surface area contributed by atoms with Crippen molar-refractivity contribution in [3.8, 4) is 0 Å². The summed E-state index contributed by atoms with van der Waals surface area (Å²) in [4.78, 5) is 3.76. The van der Waals surface area contributed by atoms with Crippen LogP contribution in [-0.4, -0.2) is 30.9 Å². The van der Waals surface area contributed by atoms with Crippen molar-refractivity contribution in [2.45, 2.75) is 25.1 Å². The number of nitrogens with zero attached hydrogens (tertiary/aromatic N) is 1. The number of rotatable bonds is 2. The Labute approximate surface area is 114 Å². The van der Waals surface area contributed by atoms with E-state index in [1.54, 1.807) is 0 Å². The number of halogens is 3. The highest BCUT2D eigenvalue weighted by Gasteiger charge is 2.32. The monoisotopic (exact) mass is 309 g/mol. The molecule has 0 saturated carbocycles. The molecule has 1 atom stereocenters. The van der Waals surface area contributed by atoms with Crippen LogP contribution in [0.3, 0.4) is 0 Å². The lowest BCUT2D eigenvalue weighted by Crippen LogP contribution is -2.35. The van der Waals surface area contributed by atoms with Crippen LogP contribution in [0.15, 0.2) is 12.1 Å². The number of nitrogen functional groups attached to an aromatic ring is 1. The van der Waals surface area contributed by atoms with E-state index in [1.165, 1.54) is 0 Å². The van der Waals surface area contributed by atoms with Crippen LogP contribution in [0, 0.1) is 0 Å². The highest BCUT2D eigenvalue weighted by molar-refractivity contribution is 7.91. The van der Waals surface area contributed by atoms with Crippen molar-refractivity contribution in [3.05, 3.63) is 17.7 Å². The lowest BCUT2D eigenvalue weighted by molar-refractivity contribution is -0.137. The third-order valence-electron chi connectivity index (χ3n) is 2.99. The molecule has 1 aliphatic heterocycles. The van der Waals surface area contributed by atoms with Crippen molar-refractivity contribution in [2.75, 3.05) is 22.6 Å². The van der Waals surface area contributed by atoms with E-state index in [2.05, 4.69) is 10.3 Å². The highest BCUT2D eigenvalue weighted by Crippen LogP contribution is 2.31. The molecule has 9 heteroatoms. The van der Waals surface area contributed by atoms with Crippen molar-refractivity contribution < 1.29 is 21.6 Å². The summed E-state index contributed by atoms with van der Waals surface area (Å²) in [6, 6.07) is 1.13. The summed E-state index contributed by atoms with van der Waals surface area (Å²) in [7, 11) is -3.14. The van der Waals surface area contributed by atoms with Gasteiger partial charge in [-0.15, -0.1) is 0 Å². The summed E-state index contributed by atoms with van der Waals surface area (Å²) in [6.07, 6.45) is -3.47. The van der Waals surface area contributed by atoms with Gasteiger partial charge in [0.05, 0.1) is 17.1 Å². The number of pyridine rings is 1. The molecule has 1 aromatic heterocycles. The second kappa shape index (κ2) is 5.12. The molecule has 2 heterocycles. The van der Waals surface area contributed by atoms with Crippen LogP contribution in [0.25, 0.3) is 0 Å². The summed E-state index contributed by atoms with van der Waals surface area (Å²) in [5.74, 6) is -0.311. The minimum atomic E-state index is -4.52. The van der Waals surface area contributed by atoms with Gasteiger partial charge in [0, 0.05) is 6.04 Å². The Balaban J connectivity index is 2.19. The second-order valence-corrected chi connectivity index (χ2v) is 6.99. The van der Waals surface area contributed by atoms with Crippen molar-refractivity contribution in [1.29, 1.82) is 0 Å². The number of anilines is 2. The van der Waals surface area contributed by atoms with Gasteiger partial charge in [0.25, 0.3) is 0 Å². The molecular weight excluding hydrogens is 295 g/mol. The first kappa shape index (κ1) is 14.9. The van der Waals surface area contributed by atoms with Crippen LogP contribution < -0.4 is 11.1 Å². The molecule has 0 radical (unpaired) electrons. The lowest BCUT2D eigenvalue weighted by Gasteiger charge is -2.24. The molecule has 1 aromatic rings. The Kier molecular flexibility index (Phi) is 3.81. The number of hydrogen-bond acceptors (Lipinski definition) is 5. The average molecular weight is 309 g/mol. The summed E-state index contributed by atoms with van der Waals surface area (Å²) in [6.45, 7) is 0. The minimum absolute atomic E-state index is 0.0561. The molecule has 0 amide bonds. The molecule has 0 aliphatic carbocycles. The zero-order valence-electron chi connectivity index (χ0n) is 10.4. The molecule has 112 valence electrons. The number of hydrogen-bond donors (Lipinski definition) is 2. The Bertz CT molecular complexity index is 601. The smallest absolute Gasteiger partial charge is 0.384 e. The van der Waals surface area contributed by atoms with Crippen molar-refractivity contribution in [1.82, 2.24) is 4.98 Å². The molecule has 1 saturated heterocycles. The fraction of sp³-hybridized carbons (Fsp3) is 0.545. The SMILES string of the molecule is Nc1cc(C(F)(F)F)cc(NC2CCCS(=O)(=O)C2)n1. The van der Waals surface area contributed by atoms with E-state index >= 15 is 0 Å². The van der Waals surface area contributed by atoms with E-state index in [0.29, 0.717) is 12.8 Å². The van der Waals surface area contributed by atoms with E-state index in [-0.39, 0.29) is 23.1 Å². The Hall–Kier alpha value is -1.51. The Morgan fingerprint density at radius 3 is 2.65 bits per heavy atom. The predicted molar refractivity (Wildman–Crippen MR) is 68.9 cm³/mol.